The van der Waals surface area contributed by atoms with Gasteiger partial charge in [-0.15, -0.1) is 12.4 Å². The van der Waals surface area contributed by atoms with Crippen LogP contribution in [0.25, 0.3) is 0 Å². The first-order valence-corrected chi connectivity index (χ1v) is 4.94. The minimum Gasteiger partial charge on any atom is -0.358 e. The highest BCUT2D eigenvalue weighted by atomic mass is 35.5. The smallest absolute Gasteiger partial charge is 0.323 e. The quantitative estimate of drug-likeness (QED) is 0.616. The minimum absolute atomic E-state index is 0. The van der Waals surface area contributed by atoms with E-state index in [0.29, 0.717) is 0 Å². The highest BCUT2D eigenvalue weighted by Crippen LogP contribution is 2.15. The number of amides is 1. The number of halogens is 3. The van der Waals surface area contributed by atoms with Gasteiger partial charge in [0.05, 0.1) is 20.1 Å². The molecule has 10 heteroatoms. The molecule has 0 fully saturated rings. The number of rotatable bonds is 5. The van der Waals surface area contributed by atoms with Crippen LogP contribution in [0, 0.1) is 10.1 Å². The maximum atomic E-state index is 12.8. The molecule has 7 nitrogen and oxygen atoms in total. The summed E-state index contributed by atoms with van der Waals surface area (Å²) < 4.78 is 26.6. The minimum atomic E-state index is -3.20. The summed E-state index contributed by atoms with van der Waals surface area (Å²) in [7, 11) is 1.30. The van der Waals surface area contributed by atoms with Gasteiger partial charge in [0.25, 0.3) is 11.8 Å². The lowest BCUT2D eigenvalue weighted by Crippen LogP contribution is -2.41. The van der Waals surface area contributed by atoms with Gasteiger partial charge in [-0.3, -0.25) is 4.79 Å². The number of carbonyl (C=O) groups is 1. The number of aromatic nitrogens is 1. The van der Waals surface area contributed by atoms with Gasteiger partial charge in [0.2, 0.25) is 0 Å². The number of hydrogen-bond acceptors (Lipinski definition) is 4. The second-order valence-corrected chi connectivity index (χ2v) is 3.64. The van der Waals surface area contributed by atoms with Crippen LogP contribution in [0.4, 0.5) is 14.6 Å². The highest BCUT2D eigenvalue weighted by Gasteiger charge is 2.29. The Morgan fingerprint density at radius 1 is 1.58 bits per heavy atom. The van der Waals surface area contributed by atoms with Crippen LogP contribution >= 0.6 is 12.4 Å². The molecule has 0 aliphatic heterocycles. The van der Waals surface area contributed by atoms with E-state index in [4.69, 9.17) is 5.73 Å². The molecule has 0 unspecified atom stereocenters. The Hall–Kier alpha value is -1.74. The van der Waals surface area contributed by atoms with E-state index in [2.05, 4.69) is 0 Å². The van der Waals surface area contributed by atoms with Crippen LogP contribution in [-0.2, 0) is 7.05 Å². The summed E-state index contributed by atoms with van der Waals surface area (Å²) in [5, 5.41) is 12.5. The average Bonchev–Trinajstić information content (AvgIpc) is 2.68. The molecule has 1 aromatic rings. The van der Waals surface area contributed by atoms with Crippen LogP contribution in [0.3, 0.4) is 0 Å². The molecule has 0 aromatic carbocycles. The van der Waals surface area contributed by atoms with E-state index in [-0.39, 0.29) is 23.9 Å². The lowest BCUT2D eigenvalue weighted by molar-refractivity contribution is -0.391. The maximum Gasteiger partial charge on any atom is 0.323 e. The van der Waals surface area contributed by atoms with E-state index in [0.717, 1.165) is 10.6 Å². The fourth-order valence-electron chi connectivity index (χ4n) is 1.28. The van der Waals surface area contributed by atoms with E-state index in [1.165, 1.54) is 13.1 Å². The van der Waals surface area contributed by atoms with E-state index in [1.807, 2.05) is 5.32 Å². The summed E-state index contributed by atoms with van der Waals surface area (Å²) in [6.45, 7) is -1.80. The summed E-state index contributed by atoms with van der Waals surface area (Å²) in [5.74, 6) is -4.32. The largest absolute Gasteiger partial charge is 0.358 e. The van der Waals surface area contributed by atoms with Crippen LogP contribution in [0.2, 0.25) is 0 Å². The number of hydrogen-bond donors (Lipinski definition) is 2. The second kappa shape index (κ2) is 6.43. The van der Waals surface area contributed by atoms with Gasteiger partial charge >= 0.3 is 5.82 Å². The first kappa shape index (κ1) is 17.3. The average molecular weight is 299 g/mol. The summed E-state index contributed by atoms with van der Waals surface area (Å²) in [4.78, 5) is 21.4. The number of nitrogens with one attached hydrogen (secondary N) is 1. The predicted octanol–water partition coefficient (Wildman–Crippen LogP) is 0.679. The molecule has 0 bridgehead atoms. The fraction of sp³-hybridized carbons (Fsp3) is 0.444. The van der Waals surface area contributed by atoms with Crippen molar-refractivity contribution in [2.45, 2.75) is 5.92 Å². The second-order valence-electron chi connectivity index (χ2n) is 3.64. The van der Waals surface area contributed by atoms with Crippen LogP contribution < -0.4 is 11.1 Å². The van der Waals surface area contributed by atoms with E-state index in [1.54, 1.807) is 0 Å². The van der Waals surface area contributed by atoms with Crippen molar-refractivity contribution in [2.75, 3.05) is 13.1 Å². The molecule has 0 saturated carbocycles. The van der Waals surface area contributed by atoms with E-state index < -0.39 is 29.8 Å². The summed E-state index contributed by atoms with van der Waals surface area (Å²) in [6.07, 6.45) is 0. The molecule has 0 atom stereocenters. The Bertz CT molecular complexity index is 478. The first-order chi connectivity index (χ1) is 8.28. The number of nitrogens with two attached hydrogens (primary N) is 1. The third-order valence-electron chi connectivity index (χ3n) is 2.32. The maximum absolute atomic E-state index is 12.8. The molecule has 0 aliphatic rings. The number of nitro groups is 1. The van der Waals surface area contributed by atoms with Crippen molar-refractivity contribution in [3.8, 4) is 0 Å². The normalized spacial score (nSPS) is 10.7. The molecular formula is C9H13ClF2N4O3. The SMILES string of the molecule is Cl.Cn1c(C(=O)NCC(F)(F)CN)ccc1[N+](=O)[O-]. The Balaban J connectivity index is 0.00000324. The third kappa shape index (κ3) is 4.14. The number of carbonyl (C=O) groups excluding carboxylic acids is 1. The van der Waals surface area contributed by atoms with Gasteiger partial charge in [-0.25, -0.2) is 13.3 Å². The Kier molecular flexibility index (Phi) is 5.84. The van der Waals surface area contributed by atoms with Gasteiger partial charge in [0, 0.05) is 6.07 Å². The molecule has 1 aromatic heterocycles. The molecule has 0 aliphatic carbocycles. The lowest BCUT2D eigenvalue weighted by atomic mass is 10.3. The Morgan fingerprint density at radius 3 is 2.58 bits per heavy atom. The van der Waals surface area contributed by atoms with Gasteiger partial charge in [-0.05, 0) is 11.0 Å². The zero-order valence-electron chi connectivity index (χ0n) is 9.93. The lowest BCUT2D eigenvalue weighted by Gasteiger charge is -2.13. The summed E-state index contributed by atoms with van der Waals surface area (Å²) in [6, 6.07) is 2.31. The van der Waals surface area contributed by atoms with Crippen molar-refractivity contribution in [2.24, 2.45) is 12.8 Å². The Labute approximate surface area is 113 Å². The van der Waals surface area contributed by atoms with Crippen molar-refractivity contribution < 1.29 is 18.5 Å². The first-order valence-electron chi connectivity index (χ1n) is 4.94. The molecule has 0 radical (unpaired) electrons. The van der Waals surface area contributed by atoms with Crippen LogP contribution in [-0.4, -0.2) is 34.4 Å². The standard InChI is InChI=1S/C9H12F2N4O3.ClH/c1-14-6(2-3-7(14)15(17)18)8(16)13-5-9(10,11)4-12;/h2-3H,4-5,12H2,1H3,(H,13,16);1H. The van der Waals surface area contributed by atoms with Crippen LogP contribution in [0.15, 0.2) is 12.1 Å². The molecule has 1 rings (SSSR count). The summed E-state index contributed by atoms with van der Waals surface area (Å²) in [5.41, 5.74) is 4.73. The topological polar surface area (TPSA) is 103 Å². The van der Waals surface area contributed by atoms with Gasteiger partial charge in [-0.2, -0.15) is 0 Å². The van der Waals surface area contributed by atoms with Gasteiger partial charge in [0.1, 0.15) is 0 Å². The monoisotopic (exact) mass is 298 g/mol. The molecule has 1 amide bonds. The van der Waals surface area contributed by atoms with Crippen LogP contribution in [0.1, 0.15) is 10.5 Å². The van der Waals surface area contributed by atoms with Gasteiger partial charge < -0.3 is 21.2 Å². The van der Waals surface area contributed by atoms with E-state index in [9.17, 15) is 23.7 Å². The molecule has 19 heavy (non-hydrogen) atoms. The molecule has 3 N–H and O–H groups in total. The Morgan fingerprint density at radius 2 is 2.16 bits per heavy atom. The molecule has 108 valence electrons. The van der Waals surface area contributed by atoms with Crippen molar-refractivity contribution in [3.05, 3.63) is 27.9 Å². The third-order valence-corrected chi connectivity index (χ3v) is 2.32. The van der Waals surface area contributed by atoms with Gasteiger partial charge in [0.15, 0.2) is 5.69 Å². The van der Waals surface area contributed by atoms with Crippen molar-refractivity contribution in [1.82, 2.24) is 9.88 Å². The van der Waals surface area contributed by atoms with Crippen molar-refractivity contribution >= 4 is 24.1 Å². The summed E-state index contributed by atoms with van der Waals surface area (Å²) >= 11 is 0. The van der Waals surface area contributed by atoms with Crippen molar-refractivity contribution in [3.63, 3.8) is 0 Å². The number of nitrogens with zero attached hydrogens (tertiary/aromatic N) is 2. The highest BCUT2D eigenvalue weighted by molar-refractivity contribution is 5.93. The zero-order chi connectivity index (χ0) is 13.9. The van der Waals surface area contributed by atoms with Crippen LogP contribution in [0.5, 0.6) is 0 Å². The molecule has 1 heterocycles. The fourth-order valence-corrected chi connectivity index (χ4v) is 1.28. The zero-order valence-corrected chi connectivity index (χ0v) is 10.7. The predicted molar refractivity (Wildman–Crippen MR) is 65.7 cm³/mol. The van der Waals surface area contributed by atoms with Crippen molar-refractivity contribution in [1.29, 1.82) is 0 Å². The molecule has 0 saturated heterocycles. The molecule has 0 spiro atoms. The van der Waals surface area contributed by atoms with Gasteiger partial charge in [-0.1, -0.05) is 0 Å². The van der Waals surface area contributed by atoms with E-state index >= 15 is 0 Å². The molecular weight excluding hydrogens is 286 g/mol. The number of alkyl halides is 2.